The molecule has 0 bridgehead atoms. The molecule has 1 aromatic heterocycles. The Hall–Kier alpha value is -3.41. The van der Waals surface area contributed by atoms with Crippen molar-refractivity contribution in [3.05, 3.63) is 113 Å². The van der Waals surface area contributed by atoms with Crippen molar-refractivity contribution in [2.75, 3.05) is 0 Å². The largest absolute Gasteiger partial charge is 0.277 e. The van der Waals surface area contributed by atoms with Crippen LogP contribution in [0, 0.1) is 12.3 Å². The zero-order valence-electron chi connectivity index (χ0n) is 18.2. The van der Waals surface area contributed by atoms with Crippen LogP contribution in [0.1, 0.15) is 48.1 Å². The van der Waals surface area contributed by atoms with Crippen LogP contribution in [-0.4, -0.2) is 9.88 Å². The van der Waals surface area contributed by atoms with Gasteiger partial charge < -0.3 is 0 Å². The monoisotopic (exact) mass is 404 g/mol. The van der Waals surface area contributed by atoms with E-state index >= 15 is 0 Å². The predicted octanol–water partition coefficient (Wildman–Crippen LogP) is 6.73. The van der Waals surface area contributed by atoms with Crippen LogP contribution in [0.2, 0.25) is 0 Å². The van der Waals surface area contributed by atoms with E-state index in [1.807, 2.05) is 30.5 Å². The molecule has 0 fully saturated rings. The number of pyridine rings is 1. The molecule has 2 heteroatoms. The van der Waals surface area contributed by atoms with Gasteiger partial charge in [0.25, 0.3) is 0 Å². The summed E-state index contributed by atoms with van der Waals surface area (Å²) < 4.78 is 0. The fraction of sp³-hybridized carbons (Fsp3) is 0.207. The van der Waals surface area contributed by atoms with Crippen LogP contribution in [0.5, 0.6) is 0 Å². The van der Waals surface area contributed by atoms with E-state index in [-0.39, 0.29) is 6.04 Å². The third-order valence-corrected chi connectivity index (χ3v) is 5.71. The summed E-state index contributed by atoms with van der Waals surface area (Å²) in [7, 11) is 0. The molecule has 1 unspecified atom stereocenters. The van der Waals surface area contributed by atoms with E-state index < -0.39 is 0 Å². The maximum Gasteiger partial charge on any atom is 0.0989 e. The molecule has 0 N–H and O–H groups in total. The lowest BCUT2D eigenvalue weighted by atomic mass is 10.0. The molecule has 0 radical (unpaired) electrons. The second-order valence-corrected chi connectivity index (χ2v) is 8.32. The molecular formula is C29H28N2. The predicted molar refractivity (Wildman–Crippen MR) is 130 cm³/mol. The van der Waals surface area contributed by atoms with Crippen LogP contribution in [0.15, 0.2) is 91.1 Å². The summed E-state index contributed by atoms with van der Waals surface area (Å²) in [5, 5.41) is 1.11. The number of benzene rings is 3. The third-order valence-electron chi connectivity index (χ3n) is 5.71. The average Bonchev–Trinajstić information content (AvgIpc) is 2.80. The molecule has 0 amide bonds. The number of hydrogen-bond acceptors (Lipinski definition) is 2. The summed E-state index contributed by atoms with van der Waals surface area (Å²) in [5.41, 5.74) is 5.90. The first-order valence-electron chi connectivity index (χ1n) is 10.8. The summed E-state index contributed by atoms with van der Waals surface area (Å²) in [4.78, 5) is 7.01. The first-order valence-corrected chi connectivity index (χ1v) is 10.8. The molecule has 3 aromatic carbocycles. The van der Waals surface area contributed by atoms with E-state index in [0.717, 1.165) is 29.6 Å². The standard InChI is InChI=1S/C29H28N2/c1-4-29(27-18-26-12-8-9-13-28(26)30-19-27)31(20-23-10-6-5-7-11-23)21-24-14-16-25(17-15-24)22(2)3/h1,5-19,22,29H,20-21H2,2-3H3. The highest BCUT2D eigenvalue weighted by Gasteiger charge is 2.20. The van der Waals surface area contributed by atoms with Gasteiger partial charge in [-0.1, -0.05) is 92.6 Å². The van der Waals surface area contributed by atoms with Gasteiger partial charge in [-0.3, -0.25) is 9.88 Å². The Morgan fingerprint density at radius 3 is 2.13 bits per heavy atom. The molecule has 0 aliphatic carbocycles. The summed E-state index contributed by atoms with van der Waals surface area (Å²) in [6.45, 7) is 5.99. The second-order valence-electron chi connectivity index (χ2n) is 8.32. The van der Waals surface area contributed by atoms with Crippen molar-refractivity contribution in [3.63, 3.8) is 0 Å². The molecule has 2 nitrogen and oxygen atoms in total. The van der Waals surface area contributed by atoms with Gasteiger partial charge in [0, 0.05) is 30.2 Å². The van der Waals surface area contributed by atoms with Gasteiger partial charge >= 0.3 is 0 Å². The molecule has 1 atom stereocenters. The normalized spacial score (nSPS) is 12.2. The number of hydrogen-bond donors (Lipinski definition) is 0. The lowest BCUT2D eigenvalue weighted by molar-refractivity contribution is 0.219. The van der Waals surface area contributed by atoms with E-state index in [1.165, 1.54) is 16.7 Å². The number of rotatable bonds is 7. The molecule has 0 aliphatic rings. The Morgan fingerprint density at radius 1 is 0.806 bits per heavy atom. The van der Waals surface area contributed by atoms with E-state index in [4.69, 9.17) is 6.42 Å². The van der Waals surface area contributed by atoms with Crippen molar-refractivity contribution in [2.24, 2.45) is 0 Å². The Morgan fingerprint density at radius 2 is 1.45 bits per heavy atom. The minimum Gasteiger partial charge on any atom is -0.277 e. The first-order chi connectivity index (χ1) is 15.1. The summed E-state index contributed by atoms with van der Waals surface area (Å²) in [6, 6.07) is 29.6. The molecule has 0 saturated carbocycles. The van der Waals surface area contributed by atoms with Crippen molar-refractivity contribution in [3.8, 4) is 12.3 Å². The molecule has 4 aromatic rings. The molecular weight excluding hydrogens is 376 g/mol. The maximum atomic E-state index is 6.10. The Balaban J connectivity index is 1.67. The number of terminal acetylenes is 1. The van der Waals surface area contributed by atoms with Crippen LogP contribution in [0.3, 0.4) is 0 Å². The van der Waals surface area contributed by atoms with Crippen LogP contribution in [0.25, 0.3) is 10.9 Å². The van der Waals surface area contributed by atoms with Gasteiger partial charge in [-0.15, -0.1) is 6.42 Å². The lowest BCUT2D eigenvalue weighted by Gasteiger charge is -2.29. The molecule has 154 valence electrons. The number of para-hydroxylation sites is 1. The highest BCUT2D eigenvalue weighted by Crippen LogP contribution is 2.27. The number of aromatic nitrogens is 1. The van der Waals surface area contributed by atoms with Crippen LogP contribution < -0.4 is 0 Å². The van der Waals surface area contributed by atoms with Gasteiger partial charge in [-0.2, -0.15) is 0 Å². The van der Waals surface area contributed by atoms with Gasteiger partial charge in [0.2, 0.25) is 0 Å². The molecule has 31 heavy (non-hydrogen) atoms. The quantitative estimate of drug-likeness (QED) is 0.317. The van der Waals surface area contributed by atoms with Crippen LogP contribution in [-0.2, 0) is 13.1 Å². The summed E-state index contributed by atoms with van der Waals surface area (Å²) >= 11 is 0. The fourth-order valence-corrected chi connectivity index (χ4v) is 3.95. The maximum absolute atomic E-state index is 6.10. The average molecular weight is 405 g/mol. The van der Waals surface area contributed by atoms with E-state index in [2.05, 4.69) is 90.3 Å². The molecule has 0 saturated heterocycles. The van der Waals surface area contributed by atoms with Gasteiger partial charge in [0.1, 0.15) is 0 Å². The van der Waals surface area contributed by atoms with Crippen molar-refractivity contribution < 1.29 is 0 Å². The van der Waals surface area contributed by atoms with E-state index in [1.54, 1.807) is 0 Å². The highest BCUT2D eigenvalue weighted by atomic mass is 15.1. The van der Waals surface area contributed by atoms with Gasteiger partial charge in [0.05, 0.1) is 11.6 Å². The number of fused-ring (bicyclic) bond motifs is 1. The topological polar surface area (TPSA) is 16.1 Å². The second kappa shape index (κ2) is 9.60. The van der Waals surface area contributed by atoms with Gasteiger partial charge in [-0.25, -0.2) is 0 Å². The zero-order chi connectivity index (χ0) is 21.6. The molecule has 4 rings (SSSR count). The molecule has 0 spiro atoms. The lowest BCUT2D eigenvalue weighted by Crippen LogP contribution is -2.27. The van der Waals surface area contributed by atoms with Crippen molar-refractivity contribution in [2.45, 2.75) is 38.9 Å². The summed E-state index contributed by atoms with van der Waals surface area (Å²) in [5.74, 6) is 3.56. The smallest absolute Gasteiger partial charge is 0.0989 e. The third kappa shape index (κ3) is 5.02. The van der Waals surface area contributed by atoms with Crippen molar-refractivity contribution in [1.29, 1.82) is 0 Å². The Bertz CT molecular complexity index is 1170. The molecule has 1 heterocycles. The number of nitrogens with zero attached hydrogens (tertiary/aromatic N) is 2. The zero-order valence-corrected chi connectivity index (χ0v) is 18.2. The van der Waals surface area contributed by atoms with Crippen molar-refractivity contribution >= 4 is 10.9 Å². The minimum atomic E-state index is -0.165. The highest BCUT2D eigenvalue weighted by molar-refractivity contribution is 5.78. The first kappa shape index (κ1) is 20.8. The van der Waals surface area contributed by atoms with Gasteiger partial charge in [-0.05, 0) is 34.7 Å². The molecule has 0 aliphatic heterocycles. The van der Waals surface area contributed by atoms with Crippen molar-refractivity contribution in [1.82, 2.24) is 9.88 Å². The van der Waals surface area contributed by atoms with E-state index in [9.17, 15) is 0 Å². The minimum absolute atomic E-state index is 0.165. The van der Waals surface area contributed by atoms with Gasteiger partial charge in [0.15, 0.2) is 0 Å². The van der Waals surface area contributed by atoms with E-state index in [0.29, 0.717) is 5.92 Å². The van der Waals surface area contributed by atoms with Crippen LogP contribution in [0.4, 0.5) is 0 Å². The fourth-order valence-electron chi connectivity index (χ4n) is 3.95. The Kier molecular flexibility index (Phi) is 6.46. The Labute approximate surface area is 185 Å². The SMILES string of the molecule is C#CC(c1cnc2ccccc2c1)N(Cc1ccccc1)Cc1ccc(C(C)C)cc1. The van der Waals surface area contributed by atoms with Crippen LogP contribution >= 0.6 is 0 Å². The summed E-state index contributed by atoms with van der Waals surface area (Å²) in [6.07, 6.45) is 8.02.